The average Bonchev–Trinajstić information content (AvgIpc) is 2.39. The summed E-state index contributed by atoms with van der Waals surface area (Å²) in [6.45, 7) is 5.69. The second-order valence-corrected chi connectivity index (χ2v) is 3.81. The number of hydrogen-bond donors (Lipinski definition) is 0. The minimum absolute atomic E-state index is 0.719. The van der Waals surface area contributed by atoms with Crippen LogP contribution in [0.15, 0.2) is 49.1 Å². The average molecular weight is 222 g/mol. The van der Waals surface area contributed by atoms with E-state index in [2.05, 4.69) is 6.58 Å². The highest BCUT2D eigenvalue weighted by Gasteiger charge is 2.06. The molecule has 1 heteroatoms. The van der Waals surface area contributed by atoms with Crippen molar-refractivity contribution in [2.45, 2.75) is 6.92 Å². The molecule has 0 aliphatic carbocycles. The molecule has 0 saturated carbocycles. The largest absolute Gasteiger partial charge is 0.298 e. The minimum atomic E-state index is 0.719. The predicted octanol–water partition coefficient (Wildman–Crippen LogP) is 4.09. The molecule has 2 rings (SSSR count). The van der Waals surface area contributed by atoms with Crippen molar-refractivity contribution in [1.82, 2.24) is 0 Å². The zero-order valence-electron chi connectivity index (χ0n) is 9.81. The first-order chi connectivity index (χ1) is 8.31. The van der Waals surface area contributed by atoms with E-state index in [1.807, 2.05) is 55.5 Å². The molecule has 0 N–H and O–H groups in total. The lowest BCUT2D eigenvalue weighted by Crippen LogP contribution is -1.88. The maximum absolute atomic E-state index is 11.0. The third kappa shape index (κ3) is 1.92. The Kier molecular flexibility index (Phi) is 3.20. The molecule has 0 bridgehead atoms. The van der Waals surface area contributed by atoms with E-state index in [1.54, 1.807) is 0 Å². The third-order valence-corrected chi connectivity index (χ3v) is 2.92. The number of allylic oxidation sites excluding steroid dienone is 2. The van der Waals surface area contributed by atoms with Crippen LogP contribution >= 0.6 is 0 Å². The lowest BCUT2D eigenvalue weighted by Gasteiger charge is -2.08. The molecule has 0 saturated heterocycles. The van der Waals surface area contributed by atoms with Crippen LogP contribution in [-0.2, 0) is 4.79 Å². The van der Waals surface area contributed by atoms with E-state index >= 15 is 0 Å². The Morgan fingerprint density at radius 3 is 2.47 bits per heavy atom. The molecule has 0 aliphatic rings. The van der Waals surface area contributed by atoms with Gasteiger partial charge >= 0.3 is 0 Å². The van der Waals surface area contributed by atoms with Crippen molar-refractivity contribution in [2.75, 3.05) is 0 Å². The number of carbonyl (C=O) groups is 1. The van der Waals surface area contributed by atoms with Crippen LogP contribution in [0.25, 0.3) is 22.4 Å². The molecule has 0 fully saturated rings. The van der Waals surface area contributed by atoms with Crippen molar-refractivity contribution in [2.24, 2.45) is 0 Å². The summed E-state index contributed by atoms with van der Waals surface area (Å²) in [5.74, 6) is 0. The van der Waals surface area contributed by atoms with Crippen LogP contribution in [0.2, 0.25) is 0 Å². The smallest absolute Gasteiger partial charge is 0.150 e. The van der Waals surface area contributed by atoms with Crippen LogP contribution in [0.5, 0.6) is 0 Å². The molecule has 0 aliphatic heterocycles. The minimum Gasteiger partial charge on any atom is -0.298 e. The van der Waals surface area contributed by atoms with Crippen LogP contribution in [0, 0.1) is 0 Å². The summed E-state index contributed by atoms with van der Waals surface area (Å²) in [4.78, 5) is 11.0. The van der Waals surface area contributed by atoms with E-state index in [0.717, 1.165) is 33.8 Å². The topological polar surface area (TPSA) is 17.1 Å². The molecule has 2 aromatic carbocycles. The van der Waals surface area contributed by atoms with Crippen LogP contribution in [-0.4, -0.2) is 6.29 Å². The lowest BCUT2D eigenvalue weighted by molar-refractivity contribution is -0.103. The quantitative estimate of drug-likeness (QED) is 0.564. The van der Waals surface area contributed by atoms with Gasteiger partial charge in [0.2, 0.25) is 0 Å². The Hall–Kier alpha value is -2.15. The van der Waals surface area contributed by atoms with Gasteiger partial charge in [-0.05, 0) is 28.8 Å². The summed E-state index contributed by atoms with van der Waals surface area (Å²) in [6, 6.07) is 12.0. The standard InChI is InChI=1S/C16H14O/c1-3-12-7-5-10-16-14(12)8-6-9-15(16)13(4-2)11-17/h3-11H,1H2,2H3/b13-4+. The van der Waals surface area contributed by atoms with E-state index in [1.165, 1.54) is 0 Å². The van der Waals surface area contributed by atoms with Crippen molar-refractivity contribution in [3.63, 3.8) is 0 Å². The summed E-state index contributed by atoms with van der Waals surface area (Å²) in [5.41, 5.74) is 2.78. The predicted molar refractivity (Wildman–Crippen MR) is 73.8 cm³/mol. The molecule has 0 spiro atoms. The second kappa shape index (κ2) is 4.79. The van der Waals surface area contributed by atoms with Gasteiger partial charge in [-0.1, -0.05) is 55.1 Å². The van der Waals surface area contributed by atoms with E-state index in [0.29, 0.717) is 0 Å². The van der Waals surface area contributed by atoms with Gasteiger partial charge < -0.3 is 0 Å². The maximum Gasteiger partial charge on any atom is 0.150 e. The zero-order chi connectivity index (χ0) is 12.3. The van der Waals surface area contributed by atoms with Gasteiger partial charge in [0.1, 0.15) is 6.29 Å². The highest BCUT2D eigenvalue weighted by molar-refractivity contribution is 6.13. The number of aldehydes is 1. The SMILES string of the molecule is C=Cc1cccc2c(/C(C=O)=C/C)cccc12. The fourth-order valence-corrected chi connectivity index (χ4v) is 2.05. The molecule has 0 atom stereocenters. The van der Waals surface area contributed by atoms with E-state index in [-0.39, 0.29) is 0 Å². The summed E-state index contributed by atoms with van der Waals surface area (Å²) in [7, 11) is 0. The molecular formula is C16H14O. The number of fused-ring (bicyclic) bond motifs is 1. The molecule has 17 heavy (non-hydrogen) atoms. The fourth-order valence-electron chi connectivity index (χ4n) is 2.05. The first-order valence-electron chi connectivity index (χ1n) is 5.58. The number of benzene rings is 2. The van der Waals surface area contributed by atoms with Crippen LogP contribution in [0.3, 0.4) is 0 Å². The van der Waals surface area contributed by atoms with Crippen molar-refractivity contribution in [3.05, 3.63) is 60.2 Å². The maximum atomic E-state index is 11.0. The molecular weight excluding hydrogens is 208 g/mol. The molecule has 0 aromatic heterocycles. The van der Waals surface area contributed by atoms with Crippen LogP contribution < -0.4 is 0 Å². The number of carbonyl (C=O) groups excluding carboxylic acids is 1. The molecule has 84 valence electrons. The van der Waals surface area contributed by atoms with Crippen molar-refractivity contribution in [1.29, 1.82) is 0 Å². The van der Waals surface area contributed by atoms with Gasteiger partial charge in [-0.2, -0.15) is 0 Å². The van der Waals surface area contributed by atoms with Gasteiger partial charge in [0.25, 0.3) is 0 Å². The van der Waals surface area contributed by atoms with Gasteiger partial charge in [-0.15, -0.1) is 0 Å². The molecule has 1 nitrogen and oxygen atoms in total. The van der Waals surface area contributed by atoms with E-state index < -0.39 is 0 Å². The van der Waals surface area contributed by atoms with Crippen LogP contribution in [0.1, 0.15) is 18.1 Å². The Balaban J connectivity index is 2.83. The summed E-state index contributed by atoms with van der Waals surface area (Å²) in [6.07, 6.45) is 4.57. The Morgan fingerprint density at radius 2 is 1.82 bits per heavy atom. The van der Waals surface area contributed by atoms with Gasteiger partial charge in [0.15, 0.2) is 0 Å². The van der Waals surface area contributed by atoms with Crippen molar-refractivity contribution >= 4 is 28.7 Å². The Labute approximate surface area is 101 Å². The first-order valence-corrected chi connectivity index (χ1v) is 5.58. The molecule has 0 radical (unpaired) electrons. The fraction of sp³-hybridized carbons (Fsp3) is 0.0625. The Morgan fingerprint density at radius 1 is 1.12 bits per heavy atom. The van der Waals surface area contributed by atoms with Gasteiger partial charge in [0.05, 0.1) is 0 Å². The second-order valence-electron chi connectivity index (χ2n) is 3.81. The summed E-state index contributed by atoms with van der Waals surface area (Å²) >= 11 is 0. The van der Waals surface area contributed by atoms with Crippen LogP contribution in [0.4, 0.5) is 0 Å². The lowest BCUT2D eigenvalue weighted by atomic mass is 9.96. The van der Waals surface area contributed by atoms with Gasteiger partial charge in [-0.25, -0.2) is 0 Å². The summed E-state index contributed by atoms with van der Waals surface area (Å²) in [5, 5.41) is 2.21. The van der Waals surface area contributed by atoms with Gasteiger partial charge in [-0.3, -0.25) is 4.79 Å². The molecule has 0 unspecified atom stereocenters. The van der Waals surface area contributed by atoms with E-state index in [9.17, 15) is 4.79 Å². The van der Waals surface area contributed by atoms with Crippen molar-refractivity contribution in [3.8, 4) is 0 Å². The monoisotopic (exact) mass is 222 g/mol. The normalized spacial score (nSPS) is 11.5. The highest BCUT2D eigenvalue weighted by atomic mass is 16.1. The van der Waals surface area contributed by atoms with Gasteiger partial charge in [0, 0.05) is 5.57 Å². The first kappa shape index (κ1) is 11.3. The third-order valence-electron chi connectivity index (χ3n) is 2.92. The number of rotatable bonds is 3. The molecule has 2 aromatic rings. The zero-order valence-corrected chi connectivity index (χ0v) is 9.81. The summed E-state index contributed by atoms with van der Waals surface area (Å²) < 4.78 is 0. The highest BCUT2D eigenvalue weighted by Crippen LogP contribution is 2.27. The van der Waals surface area contributed by atoms with Crippen molar-refractivity contribution < 1.29 is 4.79 Å². The van der Waals surface area contributed by atoms with E-state index in [4.69, 9.17) is 0 Å². The molecule has 0 heterocycles. The molecule has 0 amide bonds. The Bertz CT molecular complexity index is 606. The number of hydrogen-bond acceptors (Lipinski definition) is 1.